The maximum atomic E-state index is 13.2. The minimum Gasteiger partial charge on any atom is -0.462 e. The first-order valence-corrected chi connectivity index (χ1v) is 12.4. The molecule has 12 unspecified atom stereocenters. The van der Waals surface area contributed by atoms with E-state index >= 15 is 0 Å². The van der Waals surface area contributed by atoms with Crippen LogP contribution in [0, 0.1) is 57.2 Å². The van der Waals surface area contributed by atoms with Crippen molar-refractivity contribution < 1.29 is 23.8 Å². The van der Waals surface area contributed by atoms with Crippen molar-refractivity contribution >= 4 is 11.8 Å². The van der Waals surface area contributed by atoms with Crippen LogP contribution in [-0.2, 0) is 23.8 Å². The number of esters is 1. The highest BCUT2D eigenvalue weighted by atomic mass is 16.8. The third kappa shape index (κ3) is 1.32. The average Bonchev–Trinajstić information content (AvgIpc) is 3.33. The highest BCUT2D eigenvalue weighted by Gasteiger charge is 2.87. The van der Waals surface area contributed by atoms with Crippen molar-refractivity contribution in [2.24, 2.45) is 57.2 Å². The summed E-state index contributed by atoms with van der Waals surface area (Å²) in [5, 5.41) is 0. The molecule has 160 valence electrons. The van der Waals surface area contributed by atoms with Crippen LogP contribution in [0.5, 0.6) is 0 Å². The first-order valence-electron chi connectivity index (χ1n) is 12.4. The number of carbonyl (C=O) groups excluding carboxylic acids is 2. The highest BCUT2D eigenvalue weighted by Crippen LogP contribution is 2.87. The molecule has 9 fully saturated rings. The summed E-state index contributed by atoms with van der Waals surface area (Å²) in [5.74, 6) is 3.26. The molecular weight excluding hydrogens is 380 g/mol. The van der Waals surface area contributed by atoms with Crippen LogP contribution in [0.2, 0.25) is 0 Å². The lowest BCUT2D eigenvalue weighted by Crippen LogP contribution is -2.84. The summed E-state index contributed by atoms with van der Waals surface area (Å²) in [7, 11) is 0. The quantitative estimate of drug-likeness (QED) is 0.669. The molecule has 9 rings (SSSR count). The predicted molar refractivity (Wildman–Crippen MR) is 103 cm³/mol. The monoisotopic (exact) mass is 410 g/mol. The molecule has 1 aliphatic heterocycles. The molecule has 5 heteroatoms. The lowest BCUT2D eigenvalue weighted by Gasteiger charge is -2.85. The normalized spacial score (nSPS) is 68.7. The molecule has 3 spiro atoms. The maximum absolute atomic E-state index is 13.2. The Morgan fingerprint density at radius 2 is 2.00 bits per heavy atom. The second-order valence-electron chi connectivity index (χ2n) is 13.3. The van der Waals surface area contributed by atoms with Crippen molar-refractivity contribution in [2.75, 3.05) is 13.2 Å². The lowest BCUT2D eigenvalue weighted by molar-refractivity contribution is -0.468. The van der Waals surface area contributed by atoms with Crippen LogP contribution in [0.1, 0.15) is 58.3 Å². The molecule has 0 aromatic rings. The lowest BCUT2D eigenvalue weighted by atomic mass is 9.22. The summed E-state index contributed by atoms with van der Waals surface area (Å²) in [6.07, 6.45) is 8.70. The first-order chi connectivity index (χ1) is 14.4. The summed E-state index contributed by atoms with van der Waals surface area (Å²) in [6, 6.07) is 0. The Balaban J connectivity index is 0.908. The second-order valence-corrected chi connectivity index (χ2v) is 13.3. The van der Waals surface area contributed by atoms with Crippen molar-refractivity contribution in [1.29, 1.82) is 0 Å². The molecule has 4 bridgehead atoms. The summed E-state index contributed by atoms with van der Waals surface area (Å²) in [5.41, 5.74) is 0.612. The van der Waals surface area contributed by atoms with Crippen LogP contribution in [0.4, 0.5) is 0 Å². The third-order valence-corrected chi connectivity index (χ3v) is 12.5. The van der Waals surface area contributed by atoms with Gasteiger partial charge < -0.3 is 14.2 Å². The third-order valence-electron chi connectivity index (χ3n) is 12.5. The van der Waals surface area contributed by atoms with Gasteiger partial charge in [0.2, 0.25) is 0 Å². The Morgan fingerprint density at radius 1 is 1.10 bits per heavy atom. The molecule has 8 aliphatic carbocycles. The van der Waals surface area contributed by atoms with Crippen LogP contribution in [-0.4, -0.2) is 36.9 Å². The maximum Gasteiger partial charge on any atom is 0.312 e. The van der Waals surface area contributed by atoms with Gasteiger partial charge in [0.1, 0.15) is 18.5 Å². The Bertz CT molecular complexity index is 957. The molecule has 0 aromatic carbocycles. The SMILES string of the molecule is CC12CC3CC4(CC(C1)C41OCC(COC(=O)C45CC6CC7C(=O)C(C4)C67C5)O1)C32. The number of hydrogen-bond donors (Lipinski definition) is 0. The van der Waals surface area contributed by atoms with Crippen LogP contribution >= 0.6 is 0 Å². The van der Waals surface area contributed by atoms with Gasteiger partial charge in [0, 0.05) is 23.2 Å². The largest absolute Gasteiger partial charge is 0.462 e. The van der Waals surface area contributed by atoms with Crippen molar-refractivity contribution in [1.82, 2.24) is 0 Å². The van der Waals surface area contributed by atoms with Gasteiger partial charge in [-0.1, -0.05) is 6.92 Å². The Labute approximate surface area is 176 Å². The van der Waals surface area contributed by atoms with Gasteiger partial charge in [-0.2, -0.15) is 0 Å². The van der Waals surface area contributed by atoms with Crippen molar-refractivity contribution in [3.8, 4) is 0 Å². The topological polar surface area (TPSA) is 61.8 Å². The first kappa shape index (κ1) is 16.7. The molecule has 0 aromatic heterocycles. The summed E-state index contributed by atoms with van der Waals surface area (Å²) >= 11 is 0. The predicted octanol–water partition coefficient (Wildman–Crippen LogP) is 3.10. The van der Waals surface area contributed by atoms with Gasteiger partial charge in [-0.15, -0.1) is 0 Å². The number of fused-ring (bicyclic) bond motifs is 3. The van der Waals surface area contributed by atoms with Crippen molar-refractivity contribution in [3.05, 3.63) is 0 Å². The van der Waals surface area contributed by atoms with E-state index in [9.17, 15) is 9.59 Å². The molecule has 0 radical (unpaired) electrons. The number of carbonyl (C=O) groups is 2. The van der Waals surface area contributed by atoms with E-state index in [4.69, 9.17) is 14.2 Å². The van der Waals surface area contributed by atoms with E-state index in [2.05, 4.69) is 6.92 Å². The average molecular weight is 411 g/mol. The minimum atomic E-state index is -0.381. The van der Waals surface area contributed by atoms with Crippen LogP contribution < -0.4 is 0 Å². The van der Waals surface area contributed by atoms with E-state index in [0.717, 1.165) is 37.5 Å². The molecule has 12 atom stereocenters. The zero-order chi connectivity index (χ0) is 19.9. The molecular formula is C25H30O5. The van der Waals surface area contributed by atoms with E-state index in [1.54, 1.807) is 0 Å². The van der Waals surface area contributed by atoms with Crippen LogP contribution in [0.3, 0.4) is 0 Å². The Morgan fingerprint density at radius 3 is 2.83 bits per heavy atom. The fourth-order valence-electron chi connectivity index (χ4n) is 12.0. The minimum absolute atomic E-state index is 0.0565. The van der Waals surface area contributed by atoms with Crippen molar-refractivity contribution in [2.45, 2.75) is 70.2 Å². The second kappa shape index (κ2) is 4.31. The van der Waals surface area contributed by atoms with E-state index in [0.29, 0.717) is 36.2 Å². The van der Waals surface area contributed by atoms with E-state index in [1.807, 2.05) is 0 Å². The molecule has 1 heterocycles. The number of Topliss-reactive ketones (excluding diaryl/α,β-unsaturated/α-hetero) is 1. The molecule has 8 saturated carbocycles. The fraction of sp³-hybridized carbons (Fsp3) is 0.920. The van der Waals surface area contributed by atoms with Gasteiger partial charge >= 0.3 is 5.97 Å². The number of rotatable bonds is 3. The standard InChI is InChI=1S/C25H30O5/c1-21-3-12-4-23(19(12)21)7-14(5-21)25(23)29-10-15(30-25)9-28-20(27)22-6-13-2-16-18(26)17(8-22)24(13,16)11-22/h12-17,19H,2-11H2,1H3. The van der Waals surface area contributed by atoms with Gasteiger partial charge in [-0.05, 0) is 80.0 Å². The van der Waals surface area contributed by atoms with E-state index in [1.165, 1.54) is 25.7 Å². The molecule has 0 amide bonds. The highest BCUT2D eigenvalue weighted by molar-refractivity contribution is 5.97. The zero-order valence-electron chi connectivity index (χ0n) is 17.7. The zero-order valence-corrected chi connectivity index (χ0v) is 17.7. The summed E-state index contributed by atoms with van der Waals surface area (Å²) in [6.45, 7) is 3.35. The Hall–Kier alpha value is -0.940. The van der Waals surface area contributed by atoms with E-state index < -0.39 is 0 Å². The molecule has 1 saturated heterocycles. The molecule has 9 aliphatic rings. The number of ether oxygens (including phenoxy) is 3. The van der Waals surface area contributed by atoms with Crippen LogP contribution in [0.25, 0.3) is 0 Å². The van der Waals surface area contributed by atoms with Gasteiger partial charge in [0.05, 0.1) is 12.0 Å². The number of ketones is 1. The summed E-state index contributed by atoms with van der Waals surface area (Å²) < 4.78 is 19.0. The number of hydrogen-bond acceptors (Lipinski definition) is 5. The van der Waals surface area contributed by atoms with Gasteiger partial charge in [0.25, 0.3) is 0 Å². The van der Waals surface area contributed by atoms with Crippen molar-refractivity contribution in [3.63, 3.8) is 0 Å². The smallest absolute Gasteiger partial charge is 0.312 e. The van der Waals surface area contributed by atoms with E-state index in [-0.39, 0.29) is 45.9 Å². The van der Waals surface area contributed by atoms with Gasteiger partial charge in [0.15, 0.2) is 5.79 Å². The van der Waals surface area contributed by atoms with Crippen LogP contribution in [0.15, 0.2) is 0 Å². The molecule has 0 N–H and O–H groups in total. The fourth-order valence-corrected chi connectivity index (χ4v) is 12.0. The Kier molecular flexibility index (Phi) is 2.39. The molecule has 30 heavy (non-hydrogen) atoms. The van der Waals surface area contributed by atoms with Gasteiger partial charge in [-0.25, -0.2) is 0 Å². The molecule has 5 nitrogen and oxygen atoms in total. The van der Waals surface area contributed by atoms with Gasteiger partial charge in [-0.3, -0.25) is 9.59 Å². The summed E-state index contributed by atoms with van der Waals surface area (Å²) in [4.78, 5) is 25.5.